The molecule has 0 aliphatic rings. The van der Waals surface area contributed by atoms with E-state index in [4.69, 9.17) is 0 Å². The molecular formula is C18H18N4O2S2. The highest BCUT2D eigenvalue weighted by molar-refractivity contribution is 7.15. The van der Waals surface area contributed by atoms with Crippen molar-refractivity contribution < 1.29 is 9.59 Å². The van der Waals surface area contributed by atoms with Crippen molar-refractivity contribution in [1.29, 1.82) is 0 Å². The van der Waals surface area contributed by atoms with Gasteiger partial charge in [-0.05, 0) is 18.1 Å². The lowest BCUT2D eigenvalue weighted by Crippen LogP contribution is -2.15. The third-order valence-electron chi connectivity index (χ3n) is 3.49. The number of benzene rings is 1. The highest BCUT2D eigenvalue weighted by Gasteiger charge is 2.13. The highest BCUT2D eigenvalue weighted by atomic mass is 32.1. The van der Waals surface area contributed by atoms with Gasteiger partial charge in [0.25, 0.3) is 5.91 Å². The molecule has 134 valence electrons. The van der Waals surface area contributed by atoms with E-state index in [1.165, 1.54) is 22.7 Å². The molecule has 8 heteroatoms. The minimum Gasteiger partial charge on any atom is -0.302 e. The van der Waals surface area contributed by atoms with Gasteiger partial charge in [-0.25, -0.2) is 9.97 Å². The zero-order valence-electron chi connectivity index (χ0n) is 14.4. The molecule has 0 atom stereocenters. The number of hydrogen-bond donors (Lipinski definition) is 2. The molecule has 2 N–H and O–H groups in total. The van der Waals surface area contributed by atoms with Crippen molar-refractivity contribution in [3.8, 4) is 0 Å². The minimum absolute atomic E-state index is 0.133. The zero-order valence-corrected chi connectivity index (χ0v) is 16.0. The first-order chi connectivity index (χ1) is 12.5. The average Bonchev–Trinajstić information content (AvgIpc) is 3.25. The Morgan fingerprint density at radius 2 is 1.88 bits per heavy atom. The lowest BCUT2D eigenvalue weighted by molar-refractivity contribution is -0.115. The normalized spacial score (nSPS) is 10.7. The predicted octanol–water partition coefficient (Wildman–Crippen LogP) is 4.16. The summed E-state index contributed by atoms with van der Waals surface area (Å²) in [5.41, 5.74) is 1.17. The number of hydrogen-bond acceptors (Lipinski definition) is 6. The van der Waals surface area contributed by atoms with Gasteiger partial charge in [0.15, 0.2) is 10.3 Å². The third-order valence-corrected chi connectivity index (χ3v) is 5.51. The standard InChI is InChI=1S/C18H18N4O2S2/c1-11(2)14-9-19-17(26-14)21-15(23)8-13-10-25-18(20-13)22-16(24)12-6-4-3-5-7-12/h3-7,9-11H,8H2,1-2H3,(H,19,21,23)(H,20,22,24). The fraction of sp³-hybridized carbons (Fsp3) is 0.222. The summed E-state index contributed by atoms with van der Waals surface area (Å²) in [5, 5.41) is 8.36. The maximum absolute atomic E-state index is 12.1. The fourth-order valence-electron chi connectivity index (χ4n) is 2.14. The molecule has 0 saturated carbocycles. The van der Waals surface area contributed by atoms with Gasteiger partial charge in [-0.1, -0.05) is 32.0 Å². The SMILES string of the molecule is CC(C)c1cnc(NC(=O)Cc2csc(NC(=O)c3ccccc3)n2)s1. The molecule has 3 rings (SSSR count). The van der Waals surface area contributed by atoms with Gasteiger partial charge in [0.1, 0.15) is 0 Å². The molecule has 2 heterocycles. The van der Waals surface area contributed by atoms with Crippen LogP contribution in [0.3, 0.4) is 0 Å². The Morgan fingerprint density at radius 1 is 1.12 bits per heavy atom. The maximum atomic E-state index is 12.1. The van der Waals surface area contributed by atoms with Gasteiger partial charge in [0, 0.05) is 22.0 Å². The number of thiazole rings is 2. The van der Waals surface area contributed by atoms with E-state index in [1.807, 2.05) is 6.07 Å². The molecule has 3 aromatic rings. The maximum Gasteiger partial charge on any atom is 0.257 e. The first kappa shape index (κ1) is 18.2. The van der Waals surface area contributed by atoms with Crippen LogP contribution < -0.4 is 10.6 Å². The number of aromatic nitrogens is 2. The molecule has 1 aromatic carbocycles. The second-order valence-electron chi connectivity index (χ2n) is 5.91. The van der Waals surface area contributed by atoms with Crippen molar-refractivity contribution in [2.24, 2.45) is 0 Å². The lowest BCUT2D eigenvalue weighted by atomic mass is 10.2. The van der Waals surface area contributed by atoms with Crippen molar-refractivity contribution in [2.75, 3.05) is 10.6 Å². The van der Waals surface area contributed by atoms with Crippen LogP contribution in [0.5, 0.6) is 0 Å². The first-order valence-corrected chi connectivity index (χ1v) is 9.77. The topological polar surface area (TPSA) is 84.0 Å². The van der Waals surface area contributed by atoms with Crippen LogP contribution in [0.1, 0.15) is 40.7 Å². The van der Waals surface area contributed by atoms with Crippen LogP contribution in [0.4, 0.5) is 10.3 Å². The fourth-order valence-corrected chi connectivity index (χ4v) is 3.68. The lowest BCUT2D eigenvalue weighted by Gasteiger charge is -2.01. The molecule has 2 aromatic heterocycles. The Hall–Kier alpha value is -2.58. The van der Waals surface area contributed by atoms with Gasteiger partial charge in [-0.2, -0.15) is 0 Å². The number of carbonyl (C=O) groups excluding carboxylic acids is 2. The molecule has 0 aliphatic heterocycles. The van der Waals surface area contributed by atoms with Crippen LogP contribution >= 0.6 is 22.7 Å². The molecule has 0 fully saturated rings. The van der Waals surface area contributed by atoms with Gasteiger partial charge in [-0.3, -0.25) is 14.9 Å². The summed E-state index contributed by atoms with van der Waals surface area (Å²) in [4.78, 5) is 33.9. The molecule has 26 heavy (non-hydrogen) atoms. The minimum atomic E-state index is -0.222. The van der Waals surface area contributed by atoms with Crippen LogP contribution in [-0.4, -0.2) is 21.8 Å². The molecule has 0 radical (unpaired) electrons. The van der Waals surface area contributed by atoms with E-state index in [1.54, 1.807) is 35.8 Å². The van der Waals surface area contributed by atoms with Crippen molar-refractivity contribution >= 4 is 44.8 Å². The van der Waals surface area contributed by atoms with Gasteiger partial charge < -0.3 is 5.32 Å². The molecule has 2 amide bonds. The zero-order chi connectivity index (χ0) is 18.5. The first-order valence-electron chi connectivity index (χ1n) is 8.07. The van der Waals surface area contributed by atoms with Gasteiger partial charge >= 0.3 is 0 Å². The van der Waals surface area contributed by atoms with Crippen LogP contribution in [0.15, 0.2) is 41.9 Å². The molecule has 0 bridgehead atoms. The van der Waals surface area contributed by atoms with Gasteiger partial charge in [-0.15, -0.1) is 22.7 Å². The summed E-state index contributed by atoms with van der Waals surface area (Å²) in [5.74, 6) is -0.0201. The summed E-state index contributed by atoms with van der Waals surface area (Å²) in [6, 6.07) is 8.92. The van der Waals surface area contributed by atoms with E-state index in [2.05, 4.69) is 34.4 Å². The van der Waals surface area contributed by atoms with E-state index >= 15 is 0 Å². The number of carbonyl (C=O) groups is 2. The van der Waals surface area contributed by atoms with E-state index in [0.717, 1.165) is 4.88 Å². The Kier molecular flexibility index (Phi) is 5.75. The number of nitrogens with zero attached hydrogens (tertiary/aromatic N) is 2. The van der Waals surface area contributed by atoms with Crippen molar-refractivity contribution in [3.05, 3.63) is 58.0 Å². The molecule has 6 nitrogen and oxygen atoms in total. The Balaban J connectivity index is 1.56. The van der Waals surface area contributed by atoms with Crippen LogP contribution in [0, 0.1) is 0 Å². The Morgan fingerprint density at radius 3 is 2.58 bits per heavy atom. The van der Waals surface area contributed by atoms with Crippen molar-refractivity contribution in [3.63, 3.8) is 0 Å². The highest BCUT2D eigenvalue weighted by Crippen LogP contribution is 2.25. The van der Waals surface area contributed by atoms with E-state index < -0.39 is 0 Å². The number of nitrogens with one attached hydrogen (secondary N) is 2. The van der Waals surface area contributed by atoms with Crippen LogP contribution in [0.25, 0.3) is 0 Å². The van der Waals surface area contributed by atoms with Gasteiger partial charge in [0.05, 0.1) is 12.1 Å². The monoisotopic (exact) mass is 386 g/mol. The van der Waals surface area contributed by atoms with E-state index in [-0.39, 0.29) is 18.2 Å². The summed E-state index contributed by atoms with van der Waals surface area (Å²) in [6.45, 7) is 4.17. The van der Waals surface area contributed by atoms with E-state index in [9.17, 15) is 9.59 Å². The second-order valence-corrected chi connectivity index (χ2v) is 7.83. The second kappa shape index (κ2) is 8.20. The predicted molar refractivity (Wildman–Crippen MR) is 105 cm³/mol. The van der Waals surface area contributed by atoms with Crippen molar-refractivity contribution in [1.82, 2.24) is 9.97 Å². The average molecular weight is 387 g/mol. The summed E-state index contributed by atoms with van der Waals surface area (Å²) >= 11 is 2.77. The molecule has 0 spiro atoms. The molecule has 0 unspecified atom stereocenters. The smallest absolute Gasteiger partial charge is 0.257 e. The summed E-state index contributed by atoms with van der Waals surface area (Å²) in [7, 11) is 0. The molecule has 0 saturated heterocycles. The van der Waals surface area contributed by atoms with Gasteiger partial charge in [0.2, 0.25) is 5.91 Å². The number of amides is 2. The molecule has 0 aliphatic carbocycles. The summed E-state index contributed by atoms with van der Waals surface area (Å²) in [6.07, 6.45) is 1.92. The number of anilines is 2. The van der Waals surface area contributed by atoms with E-state index in [0.29, 0.717) is 27.4 Å². The quantitative estimate of drug-likeness (QED) is 0.666. The summed E-state index contributed by atoms with van der Waals surface area (Å²) < 4.78 is 0. The molecular weight excluding hydrogens is 368 g/mol. The van der Waals surface area contributed by atoms with Crippen LogP contribution in [-0.2, 0) is 11.2 Å². The largest absolute Gasteiger partial charge is 0.302 e. The van der Waals surface area contributed by atoms with Crippen LogP contribution in [0.2, 0.25) is 0 Å². The third kappa shape index (κ3) is 4.74. The Bertz CT molecular complexity index is 903. The number of rotatable bonds is 6. The Labute approximate surface area is 159 Å². The van der Waals surface area contributed by atoms with Crippen molar-refractivity contribution in [2.45, 2.75) is 26.2 Å².